The van der Waals surface area contributed by atoms with Crippen LogP contribution >= 0.6 is 0 Å². The number of aromatic nitrogens is 6. The Balaban J connectivity index is 1.92. The van der Waals surface area contributed by atoms with Crippen molar-refractivity contribution in [3.63, 3.8) is 0 Å². The van der Waals surface area contributed by atoms with Gasteiger partial charge < -0.3 is 4.74 Å². The van der Waals surface area contributed by atoms with Crippen molar-refractivity contribution in [3.8, 4) is 17.3 Å². The van der Waals surface area contributed by atoms with Crippen molar-refractivity contribution in [2.75, 3.05) is 11.8 Å². The van der Waals surface area contributed by atoms with Crippen LogP contribution < -0.4 is 9.46 Å². The van der Waals surface area contributed by atoms with Gasteiger partial charge in [0.2, 0.25) is 5.82 Å². The lowest BCUT2D eigenvalue weighted by molar-refractivity contribution is 0.417. The molecular weight excluding hydrogens is 394 g/mol. The fraction of sp³-hybridized carbons (Fsp3) is 0.222. The second-order valence-corrected chi connectivity index (χ2v) is 8.09. The number of pyridine rings is 1. The number of hydrogen-bond acceptors (Lipinski definition) is 7. The minimum absolute atomic E-state index is 0.0449. The average Bonchev–Trinajstić information content (AvgIpc) is 3.22. The summed E-state index contributed by atoms with van der Waals surface area (Å²) in [7, 11) is 1.12. The Hall–Kier alpha value is -3.47. The smallest absolute Gasteiger partial charge is 0.263 e. The number of nitrogens with one attached hydrogen (secondary N) is 1. The van der Waals surface area contributed by atoms with E-state index in [0.717, 1.165) is 5.82 Å². The van der Waals surface area contributed by atoms with Crippen molar-refractivity contribution in [1.82, 2.24) is 29.5 Å². The summed E-state index contributed by atoms with van der Waals surface area (Å²) in [5.41, 5.74) is 1.38. The molecule has 0 saturated heterocycles. The number of nitrogens with zero attached hydrogens (tertiary/aromatic N) is 6. The first-order valence-electron chi connectivity index (χ1n) is 8.66. The first-order valence-corrected chi connectivity index (χ1v) is 10.1. The van der Waals surface area contributed by atoms with Crippen LogP contribution in [0.2, 0.25) is 0 Å². The molecule has 0 bridgehead atoms. The van der Waals surface area contributed by atoms with E-state index in [2.05, 4.69) is 24.9 Å². The highest BCUT2D eigenvalue weighted by atomic mass is 32.2. The topological polar surface area (TPSA) is 117 Å². The van der Waals surface area contributed by atoms with Gasteiger partial charge in [-0.3, -0.25) is 19.1 Å². The average molecular weight is 413 g/mol. The van der Waals surface area contributed by atoms with E-state index in [1.165, 1.54) is 25.6 Å². The van der Waals surface area contributed by atoms with E-state index in [9.17, 15) is 8.42 Å². The number of fused-ring (bicyclic) bond motifs is 1. The van der Waals surface area contributed by atoms with Crippen LogP contribution in [0.4, 0.5) is 5.69 Å². The van der Waals surface area contributed by atoms with E-state index in [0.29, 0.717) is 28.2 Å². The largest absolute Gasteiger partial charge is 0.494 e. The summed E-state index contributed by atoms with van der Waals surface area (Å²) < 4.78 is 37.0. The molecule has 0 aliphatic heterocycles. The van der Waals surface area contributed by atoms with Crippen LogP contribution in [-0.4, -0.2) is 45.1 Å². The molecule has 0 aliphatic carbocycles. The number of aryl methyl sites for hydroxylation is 3. The van der Waals surface area contributed by atoms with E-state index in [4.69, 9.17) is 4.74 Å². The minimum Gasteiger partial charge on any atom is -0.494 e. The molecule has 4 aromatic rings. The number of methoxy groups -OCH3 is 1. The summed E-state index contributed by atoms with van der Waals surface area (Å²) in [6.07, 6.45) is 2.79. The summed E-state index contributed by atoms with van der Waals surface area (Å²) >= 11 is 0. The molecular formula is C18H19N7O3S. The van der Waals surface area contributed by atoms with E-state index in [-0.39, 0.29) is 10.6 Å². The normalized spacial score (nSPS) is 11.7. The van der Waals surface area contributed by atoms with Gasteiger partial charge in [0.1, 0.15) is 27.9 Å². The standard InChI is InChI=1S/C18H19N7O3S/c1-11-20-18(22-24(11)2)15-13-7-8-14(28-4)16(17(13)25(3)21-15)23-29(26,27)12-6-5-9-19-10-12/h5-10,23H,1-4H3. The van der Waals surface area contributed by atoms with Gasteiger partial charge in [-0.25, -0.2) is 13.4 Å². The zero-order valence-electron chi connectivity index (χ0n) is 16.3. The monoisotopic (exact) mass is 413 g/mol. The summed E-state index contributed by atoms with van der Waals surface area (Å²) in [4.78, 5) is 8.36. The zero-order valence-corrected chi connectivity index (χ0v) is 17.1. The van der Waals surface area contributed by atoms with Gasteiger partial charge in [0.15, 0.2) is 0 Å². The molecule has 1 N–H and O–H groups in total. The number of hydrogen-bond donors (Lipinski definition) is 1. The summed E-state index contributed by atoms with van der Waals surface area (Å²) in [6.45, 7) is 1.85. The van der Waals surface area contributed by atoms with Crippen molar-refractivity contribution in [1.29, 1.82) is 0 Å². The molecule has 0 radical (unpaired) electrons. The second kappa shape index (κ2) is 6.85. The Morgan fingerprint density at radius 3 is 2.52 bits per heavy atom. The van der Waals surface area contributed by atoms with Crippen LogP contribution in [0, 0.1) is 6.92 Å². The molecule has 0 unspecified atom stereocenters. The first kappa shape index (κ1) is 18.9. The van der Waals surface area contributed by atoms with Crippen LogP contribution in [0.5, 0.6) is 5.75 Å². The maximum absolute atomic E-state index is 12.9. The first-order chi connectivity index (χ1) is 13.8. The molecule has 0 spiro atoms. The highest BCUT2D eigenvalue weighted by molar-refractivity contribution is 7.92. The molecule has 0 amide bonds. The Morgan fingerprint density at radius 2 is 1.90 bits per heavy atom. The maximum atomic E-state index is 12.9. The SMILES string of the molecule is COc1ccc2c(-c3nc(C)n(C)n3)nn(C)c2c1NS(=O)(=O)c1cccnc1. The quantitative estimate of drug-likeness (QED) is 0.531. The van der Waals surface area contributed by atoms with Crippen molar-refractivity contribution in [2.45, 2.75) is 11.8 Å². The van der Waals surface area contributed by atoms with E-state index >= 15 is 0 Å². The molecule has 11 heteroatoms. The second-order valence-electron chi connectivity index (χ2n) is 6.41. The van der Waals surface area contributed by atoms with E-state index < -0.39 is 10.0 Å². The van der Waals surface area contributed by atoms with Crippen molar-refractivity contribution < 1.29 is 13.2 Å². The predicted molar refractivity (Wildman–Crippen MR) is 107 cm³/mol. The van der Waals surface area contributed by atoms with Crippen LogP contribution in [0.25, 0.3) is 22.4 Å². The minimum atomic E-state index is -3.88. The third-order valence-electron chi connectivity index (χ3n) is 4.56. The van der Waals surface area contributed by atoms with Gasteiger partial charge in [0.25, 0.3) is 10.0 Å². The highest BCUT2D eigenvalue weighted by Crippen LogP contribution is 2.38. The van der Waals surface area contributed by atoms with Gasteiger partial charge in [0.05, 0.1) is 12.6 Å². The number of ether oxygens (including phenoxy) is 1. The van der Waals surface area contributed by atoms with Gasteiger partial charge in [-0.2, -0.15) is 5.10 Å². The lowest BCUT2D eigenvalue weighted by Crippen LogP contribution is -2.14. The van der Waals surface area contributed by atoms with Gasteiger partial charge in [0, 0.05) is 31.9 Å². The van der Waals surface area contributed by atoms with E-state index in [1.54, 1.807) is 35.6 Å². The van der Waals surface area contributed by atoms with Crippen molar-refractivity contribution >= 4 is 26.6 Å². The highest BCUT2D eigenvalue weighted by Gasteiger charge is 2.24. The van der Waals surface area contributed by atoms with Gasteiger partial charge in [-0.15, -0.1) is 5.10 Å². The summed E-state index contributed by atoms with van der Waals surface area (Å²) in [6, 6.07) is 6.52. The van der Waals surface area contributed by atoms with E-state index in [1.807, 2.05) is 13.0 Å². The Labute approximate surface area is 167 Å². The molecule has 1 aromatic carbocycles. The molecule has 4 rings (SSSR count). The molecule has 3 aromatic heterocycles. The molecule has 0 fully saturated rings. The lowest BCUT2D eigenvalue weighted by Gasteiger charge is -2.13. The van der Waals surface area contributed by atoms with Gasteiger partial charge >= 0.3 is 0 Å². The molecule has 3 heterocycles. The Kier molecular flexibility index (Phi) is 4.46. The summed E-state index contributed by atoms with van der Waals surface area (Å²) in [5.74, 6) is 1.57. The lowest BCUT2D eigenvalue weighted by atomic mass is 10.1. The third-order valence-corrected chi connectivity index (χ3v) is 5.90. The van der Waals surface area contributed by atoms with Gasteiger partial charge in [-0.1, -0.05) is 0 Å². The Morgan fingerprint density at radius 1 is 1.10 bits per heavy atom. The molecule has 0 saturated carbocycles. The molecule has 0 atom stereocenters. The molecule has 0 aliphatic rings. The van der Waals surface area contributed by atoms with Crippen molar-refractivity contribution in [3.05, 3.63) is 42.5 Å². The third kappa shape index (κ3) is 3.18. The number of anilines is 1. The summed E-state index contributed by atoms with van der Waals surface area (Å²) in [5, 5.41) is 9.62. The van der Waals surface area contributed by atoms with Crippen LogP contribution in [0.3, 0.4) is 0 Å². The number of rotatable bonds is 5. The predicted octanol–water partition coefficient (Wildman–Crippen LogP) is 1.88. The molecule has 150 valence electrons. The number of benzene rings is 1. The van der Waals surface area contributed by atoms with Crippen molar-refractivity contribution in [2.24, 2.45) is 14.1 Å². The molecule has 29 heavy (non-hydrogen) atoms. The fourth-order valence-electron chi connectivity index (χ4n) is 3.05. The number of sulfonamides is 1. The maximum Gasteiger partial charge on any atom is 0.263 e. The van der Waals surface area contributed by atoms with Gasteiger partial charge in [-0.05, 0) is 31.2 Å². The fourth-order valence-corrected chi connectivity index (χ4v) is 4.09. The van der Waals surface area contributed by atoms with Crippen LogP contribution in [0.1, 0.15) is 5.82 Å². The van der Waals surface area contributed by atoms with Crippen LogP contribution in [-0.2, 0) is 24.1 Å². The van der Waals surface area contributed by atoms with Crippen LogP contribution in [0.15, 0.2) is 41.6 Å². The Bertz CT molecular complexity index is 1290. The zero-order chi connectivity index (χ0) is 20.8. The molecule has 10 nitrogen and oxygen atoms in total.